The molecule has 3 N–H and O–H groups in total. The van der Waals surface area contributed by atoms with Crippen molar-refractivity contribution in [3.63, 3.8) is 0 Å². The molecular formula is C17H34N4OS. The van der Waals surface area contributed by atoms with E-state index in [1.165, 1.54) is 25.8 Å². The van der Waals surface area contributed by atoms with E-state index in [2.05, 4.69) is 34.4 Å². The van der Waals surface area contributed by atoms with Crippen LogP contribution in [0.25, 0.3) is 0 Å². The second kappa shape index (κ2) is 9.74. The monoisotopic (exact) mass is 342 g/mol. The van der Waals surface area contributed by atoms with Gasteiger partial charge in [-0.3, -0.25) is 4.99 Å². The highest BCUT2D eigenvalue weighted by molar-refractivity contribution is 7.99. The van der Waals surface area contributed by atoms with Gasteiger partial charge in [-0.2, -0.15) is 11.8 Å². The fourth-order valence-electron chi connectivity index (χ4n) is 3.27. The van der Waals surface area contributed by atoms with E-state index in [-0.39, 0.29) is 0 Å². The second-order valence-electron chi connectivity index (χ2n) is 6.88. The van der Waals surface area contributed by atoms with Crippen LogP contribution in [0.3, 0.4) is 0 Å². The van der Waals surface area contributed by atoms with Crippen LogP contribution in [0.1, 0.15) is 46.0 Å². The molecule has 0 aromatic heterocycles. The Labute approximate surface area is 145 Å². The fourth-order valence-corrected chi connectivity index (χ4v) is 4.55. The van der Waals surface area contributed by atoms with E-state index in [0.29, 0.717) is 6.54 Å². The number of nitrogens with one attached hydrogen (secondary N) is 2. The van der Waals surface area contributed by atoms with Gasteiger partial charge in [0, 0.05) is 31.4 Å². The molecule has 0 aromatic carbocycles. The topological polar surface area (TPSA) is 59.9 Å². The van der Waals surface area contributed by atoms with Crippen LogP contribution in [0.5, 0.6) is 0 Å². The first-order valence-corrected chi connectivity index (χ1v) is 10.3. The quantitative estimate of drug-likeness (QED) is 0.373. The van der Waals surface area contributed by atoms with E-state index in [1.807, 2.05) is 11.8 Å². The molecule has 0 aromatic rings. The predicted octanol–water partition coefficient (Wildman–Crippen LogP) is 1.67. The van der Waals surface area contributed by atoms with Gasteiger partial charge in [-0.05, 0) is 51.8 Å². The lowest BCUT2D eigenvalue weighted by molar-refractivity contribution is 0.0778. The molecule has 0 bridgehead atoms. The summed E-state index contributed by atoms with van der Waals surface area (Å²) in [6.45, 7) is 9.11. The summed E-state index contributed by atoms with van der Waals surface area (Å²) in [5, 5.41) is 17.1. The second-order valence-corrected chi connectivity index (χ2v) is 7.99. The highest BCUT2D eigenvalue weighted by Gasteiger charge is 2.31. The van der Waals surface area contributed by atoms with Crippen molar-refractivity contribution in [3.8, 4) is 0 Å². The molecule has 0 amide bonds. The highest BCUT2D eigenvalue weighted by Crippen LogP contribution is 2.27. The van der Waals surface area contributed by atoms with Gasteiger partial charge in [0.05, 0.1) is 12.1 Å². The minimum absolute atomic E-state index is 0.499. The first-order chi connectivity index (χ1) is 11.1. The summed E-state index contributed by atoms with van der Waals surface area (Å²) < 4.78 is 0. The number of piperidine rings is 1. The highest BCUT2D eigenvalue weighted by atomic mass is 32.2. The van der Waals surface area contributed by atoms with Crippen LogP contribution in [0.15, 0.2) is 4.99 Å². The summed E-state index contributed by atoms with van der Waals surface area (Å²) in [5.41, 5.74) is -0.601. The lowest BCUT2D eigenvalue weighted by Gasteiger charge is -2.33. The summed E-state index contributed by atoms with van der Waals surface area (Å²) in [5.74, 6) is 2.69. The van der Waals surface area contributed by atoms with Crippen molar-refractivity contribution in [1.82, 2.24) is 15.5 Å². The number of hydrogen-bond acceptors (Lipinski definition) is 4. The summed E-state index contributed by atoms with van der Waals surface area (Å²) in [7, 11) is 0. The molecule has 0 spiro atoms. The van der Waals surface area contributed by atoms with E-state index in [1.54, 1.807) is 0 Å². The number of likely N-dealkylation sites (tertiary alicyclic amines) is 1. The van der Waals surface area contributed by atoms with Crippen LogP contribution in [-0.2, 0) is 0 Å². The van der Waals surface area contributed by atoms with E-state index in [9.17, 15) is 5.11 Å². The molecule has 5 nitrogen and oxygen atoms in total. The third kappa shape index (κ3) is 6.51. The molecule has 2 unspecified atom stereocenters. The molecule has 2 rings (SSSR count). The lowest BCUT2D eigenvalue weighted by atomic mass is 10.0. The van der Waals surface area contributed by atoms with Gasteiger partial charge in [-0.25, -0.2) is 0 Å². The molecule has 0 aliphatic carbocycles. The number of thioether (sulfide) groups is 1. The molecule has 0 saturated carbocycles. The van der Waals surface area contributed by atoms with Crippen molar-refractivity contribution >= 4 is 17.7 Å². The van der Waals surface area contributed by atoms with Crippen LogP contribution < -0.4 is 10.6 Å². The maximum atomic E-state index is 10.4. The van der Waals surface area contributed by atoms with Crippen LogP contribution in [0, 0.1) is 0 Å². The number of hydrogen-bond donors (Lipinski definition) is 3. The molecule has 0 radical (unpaired) electrons. The van der Waals surface area contributed by atoms with Crippen LogP contribution in [-0.4, -0.2) is 71.8 Å². The van der Waals surface area contributed by atoms with Gasteiger partial charge < -0.3 is 20.6 Å². The van der Waals surface area contributed by atoms with Crippen molar-refractivity contribution < 1.29 is 5.11 Å². The van der Waals surface area contributed by atoms with E-state index >= 15 is 0 Å². The van der Waals surface area contributed by atoms with E-state index in [4.69, 9.17) is 0 Å². The Morgan fingerprint density at radius 2 is 2.26 bits per heavy atom. The number of rotatable bonds is 7. The largest absolute Gasteiger partial charge is 0.387 e. The number of aliphatic imine (C=N–C) groups is 1. The van der Waals surface area contributed by atoms with Gasteiger partial charge in [0.15, 0.2) is 5.96 Å². The standard InChI is InChI=1S/C17H34N4OS/c1-3-18-16(20-13-17(22)8-12-23-14-17)19-9-6-11-21-10-5-4-7-15(21)2/h15,22H,3-14H2,1-2H3,(H2,18,19,20). The molecule has 2 atom stereocenters. The van der Waals surface area contributed by atoms with Gasteiger partial charge >= 0.3 is 0 Å². The van der Waals surface area contributed by atoms with Crippen molar-refractivity contribution in [2.24, 2.45) is 4.99 Å². The minimum Gasteiger partial charge on any atom is -0.387 e. The molecule has 2 aliphatic heterocycles. The van der Waals surface area contributed by atoms with Gasteiger partial charge in [0.25, 0.3) is 0 Å². The Morgan fingerprint density at radius 1 is 1.39 bits per heavy atom. The van der Waals surface area contributed by atoms with Crippen molar-refractivity contribution in [1.29, 1.82) is 0 Å². The Hall–Kier alpha value is -0.460. The minimum atomic E-state index is -0.601. The third-order valence-corrected chi connectivity index (χ3v) is 6.05. The molecule has 2 aliphatic rings. The summed E-state index contributed by atoms with van der Waals surface area (Å²) in [4.78, 5) is 7.19. The summed E-state index contributed by atoms with van der Waals surface area (Å²) in [6, 6.07) is 0.736. The van der Waals surface area contributed by atoms with E-state index < -0.39 is 5.60 Å². The average Bonchev–Trinajstić information content (AvgIpc) is 2.98. The Morgan fingerprint density at radius 3 is 2.96 bits per heavy atom. The maximum Gasteiger partial charge on any atom is 0.191 e. The molecule has 6 heteroatoms. The molecule has 134 valence electrons. The maximum absolute atomic E-state index is 10.4. The molecule has 23 heavy (non-hydrogen) atoms. The normalized spacial score (nSPS) is 29.7. The Bertz CT molecular complexity index is 372. The van der Waals surface area contributed by atoms with Crippen LogP contribution >= 0.6 is 11.8 Å². The molecule has 2 fully saturated rings. The van der Waals surface area contributed by atoms with Crippen molar-refractivity contribution in [3.05, 3.63) is 0 Å². The number of aliphatic hydroxyl groups is 1. The first kappa shape index (κ1) is 18.9. The lowest BCUT2D eigenvalue weighted by Crippen LogP contribution is -2.42. The molecule has 2 heterocycles. The third-order valence-electron chi connectivity index (χ3n) is 4.81. The zero-order valence-corrected chi connectivity index (χ0v) is 15.6. The van der Waals surface area contributed by atoms with Crippen LogP contribution in [0.2, 0.25) is 0 Å². The Kier molecular flexibility index (Phi) is 7.99. The summed E-state index contributed by atoms with van der Waals surface area (Å²) >= 11 is 1.82. The Balaban J connectivity index is 1.69. The summed E-state index contributed by atoms with van der Waals surface area (Å²) in [6.07, 6.45) is 6.06. The zero-order chi connectivity index (χ0) is 16.5. The van der Waals surface area contributed by atoms with Gasteiger partial charge in [-0.15, -0.1) is 0 Å². The van der Waals surface area contributed by atoms with Crippen molar-refractivity contribution in [2.45, 2.75) is 57.6 Å². The van der Waals surface area contributed by atoms with E-state index in [0.717, 1.165) is 56.0 Å². The smallest absolute Gasteiger partial charge is 0.191 e. The molecule has 2 saturated heterocycles. The van der Waals surface area contributed by atoms with Crippen LogP contribution in [0.4, 0.5) is 0 Å². The first-order valence-electron chi connectivity index (χ1n) is 9.19. The van der Waals surface area contributed by atoms with Gasteiger partial charge in [-0.1, -0.05) is 6.42 Å². The van der Waals surface area contributed by atoms with Crippen molar-refractivity contribution in [2.75, 3.05) is 44.2 Å². The number of guanidine groups is 1. The number of nitrogens with zero attached hydrogens (tertiary/aromatic N) is 2. The fraction of sp³-hybridized carbons (Fsp3) is 0.941. The molecular weight excluding hydrogens is 308 g/mol. The predicted molar refractivity (Wildman–Crippen MR) is 100 cm³/mol. The SMILES string of the molecule is CCNC(=NCC1(O)CCSC1)NCCCN1CCCCC1C. The van der Waals surface area contributed by atoms with Gasteiger partial charge in [0.1, 0.15) is 0 Å². The van der Waals surface area contributed by atoms with Gasteiger partial charge in [0.2, 0.25) is 0 Å². The zero-order valence-electron chi connectivity index (χ0n) is 14.8. The average molecular weight is 343 g/mol.